The van der Waals surface area contributed by atoms with Crippen LogP contribution in [0.25, 0.3) is 11.3 Å². The van der Waals surface area contributed by atoms with Gasteiger partial charge in [0.2, 0.25) is 5.91 Å². The predicted molar refractivity (Wildman–Crippen MR) is 97.6 cm³/mol. The highest BCUT2D eigenvalue weighted by Gasteiger charge is 2.29. The number of nitrogens with zero attached hydrogens (tertiary/aromatic N) is 3. The average Bonchev–Trinajstić information content (AvgIpc) is 3.28. The van der Waals surface area contributed by atoms with Gasteiger partial charge in [0.05, 0.1) is 31.0 Å². The van der Waals surface area contributed by atoms with Crippen molar-refractivity contribution >= 4 is 5.91 Å². The molecule has 1 unspecified atom stereocenters. The molecule has 1 atom stereocenters. The third-order valence-corrected chi connectivity index (χ3v) is 5.32. The van der Waals surface area contributed by atoms with Gasteiger partial charge in [-0.1, -0.05) is 24.3 Å². The van der Waals surface area contributed by atoms with Gasteiger partial charge in [-0.05, 0) is 12.0 Å². The first kappa shape index (κ1) is 17.2. The maximum Gasteiger partial charge on any atom is 0.228 e. The largest absolute Gasteiger partial charge is 0.381 e. The minimum absolute atomic E-state index is 0.0299. The summed E-state index contributed by atoms with van der Waals surface area (Å²) in [6, 6.07) is 8.27. The molecule has 1 aromatic heterocycles. The molecule has 1 amide bonds. The van der Waals surface area contributed by atoms with Gasteiger partial charge < -0.3 is 18.9 Å². The Morgan fingerprint density at radius 2 is 2.19 bits per heavy atom. The third-order valence-electron chi connectivity index (χ3n) is 5.32. The molecule has 1 fully saturated rings. The van der Waals surface area contributed by atoms with Gasteiger partial charge >= 0.3 is 0 Å². The standard InChI is InChI=1S/C20H25N3O3/c1-25-13-15-4-2-3-5-17(15)18-12-21-19-6-8-22(9-10-23(18)19)20(24)16-7-11-26-14-16/h2-5,12,16H,6-11,13-14H2,1H3. The highest BCUT2D eigenvalue weighted by molar-refractivity contribution is 5.79. The number of hydrogen-bond donors (Lipinski definition) is 0. The van der Waals surface area contributed by atoms with Gasteiger partial charge in [-0.2, -0.15) is 0 Å². The number of carbonyl (C=O) groups excluding carboxylic acids is 1. The molecule has 2 aromatic rings. The lowest BCUT2D eigenvalue weighted by Crippen LogP contribution is -2.38. The second-order valence-electron chi connectivity index (χ2n) is 6.94. The van der Waals surface area contributed by atoms with Gasteiger partial charge in [0, 0.05) is 45.3 Å². The fraction of sp³-hybridized carbons (Fsp3) is 0.500. The van der Waals surface area contributed by atoms with Gasteiger partial charge in [-0.3, -0.25) is 4.79 Å². The van der Waals surface area contributed by atoms with Gasteiger partial charge in [0.15, 0.2) is 0 Å². The second-order valence-corrected chi connectivity index (χ2v) is 6.94. The van der Waals surface area contributed by atoms with Crippen molar-refractivity contribution < 1.29 is 14.3 Å². The van der Waals surface area contributed by atoms with Crippen molar-refractivity contribution in [3.05, 3.63) is 41.9 Å². The lowest BCUT2D eigenvalue weighted by Gasteiger charge is -2.23. The molecule has 0 bridgehead atoms. The first-order valence-corrected chi connectivity index (χ1v) is 9.26. The van der Waals surface area contributed by atoms with Crippen LogP contribution >= 0.6 is 0 Å². The fourth-order valence-electron chi connectivity index (χ4n) is 3.90. The van der Waals surface area contributed by atoms with Gasteiger partial charge in [0.1, 0.15) is 5.82 Å². The zero-order valence-corrected chi connectivity index (χ0v) is 15.2. The van der Waals surface area contributed by atoms with Crippen molar-refractivity contribution in [3.63, 3.8) is 0 Å². The summed E-state index contributed by atoms with van der Waals surface area (Å²) in [5.74, 6) is 1.31. The molecule has 138 valence electrons. The van der Waals surface area contributed by atoms with Crippen molar-refractivity contribution in [1.82, 2.24) is 14.5 Å². The van der Waals surface area contributed by atoms with Crippen LogP contribution in [0.15, 0.2) is 30.5 Å². The van der Waals surface area contributed by atoms with Gasteiger partial charge in [-0.15, -0.1) is 0 Å². The van der Waals surface area contributed by atoms with Crippen LogP contribution in [-0.4, -0.2) is 53.8 Å². The molecule has 4 rings (SSSR count). The second kappa shape index (κ2) is 7.60. The van der Waals surface area contributed by atoms with Gasteiger partial charge in [-0.25, -0.2) is 4.98 Å². The molecule has 2 aliphatic rings. The SMILES string of the molecule is COCc1ccccc1-c1cnc2n1CCN(C(=O)C1CCOC1)CC2. The number of benzene rings is 1. The summed E-state index contributed by atoms with van der Waals surface area (Å²) >= 11 is 0. The Labute approximate surface area is 153 Å². The van der Waals surface area contributed by atoms with Crippen LogP contribution in [0.2, 0.25) is 0 Å². The molecule has 3 heterocycles. The quantitative estimate of drug-likeness (QED) is 0.843. The summed E-state index contributed by atoms with van der Waals surface area (Å²) < 4.78 is 13.0. The summed E-state index contributed by atoms with van der Waals surface area (Å²) in [5, 5.41) is 0. The summed E-state index contributed by atoms with van der Waals surface area (Å²) in [4.78, 5) is 19.4. The Hall–Kier alpha value is -2.18. The highest BCUT2D eigenvalue weighted by atomic mass is 16.5. The lowest BCUT2D eigenvalue weighted by atomic mass is 10.1. The van der Waals surface area contributed by atoms with Gasteiger partial charge in [0.25, 0.3) is 0 Å². The zero-order valence-electron chi connectivity index (χ0n) is 15.2. The molecule has 6 nitrogen and oxygen atoms in total. The zero-order chi connectivity index (χ0) is 17.9. The van der Waals surface area contributed by atoms with Crippen molar-refractivity contribution in [2.75, 3.05) is 33.4 Å². The summed E-state index contributed by atoms with van der Waals surface area (Å²) in [5.41, 5.74) is 3.40. The Bertz CT molecular complexity index is 780. The lowest BCUT2D eigenvalue weighted by molar-refractivity contribution is -0.135. The summed E-state index contributed by atoms with van der Waals surface area (Å²) in [7, 11) is 1.71. The Balaban J connectivity index is 1.56. The number of amides is 1. The molecule has 1 aromatic carbocycles. The number of carbonyl (C=O) groups is 1. The van der Waals surface area contributed by atoms with E-state index in [0.29, 0.717) is 19.8 Å². The monoisotopic (exact) mass is 355 g/mol. The molecule has 0 spiro atoms. The number of aromatic nitrogens is 2. The molecule has 1 saturated heterocycles. The smallest absolute Gasteiger partial charge is 0.228 e. The number of hydrogen-bond acceptors (Lipinski definition) is 4. The number of ether oxygens (including phenoxy) is 2. The Morgan fingerprint density at radius 3 is 3.00 bits per heavy atom. The van der Waals surface area contributed by atoms with Crippen molar-refractivity contribution in [2.24, 2.45) is 5.92 Å². The van der Waals surface area contributed by atoms with Crippen LogP contribution in [0.5, 0.6) is 0 Å². The van der Waals surface area contributed by atoms with E-state index in [2.05, 4.69) is 21.7 Å². The third kappa shape index (κ3) is 3.27. The number of fused-ring (bicyclic) bond motifs is 1. The molecule has 0 N–H and O–H groups in total. The molecule has 2 aliphatic heterocycles. The van der Waals surface area contributed by atoms with Crippen LogP contribution < -0.4 is 0 Å². The Kier molecular flexibility index (Phi) is 5.04. The van der Waals surface area contributed by atoms with Crippen LogP contribution in [-0.2, 0) is 33.8 Å². The normalized spacial score (nSPS) is 20.0. The minimum atomic E-state index is 0.0299. The highest BCUT2D eigenvalue weighted by Crippen LogP contribution is 2.27. The summed E-state index contributed by atoms with van der Waals surface area (Å²) in [6.07, 6.45) is 3.58. The van der Waals surface area contributed by atoms with E-state index in [1.165, 1.54) is 0 Å². The Morgan fingerprint density at radius 1 is 1.31 bits per heavy atom. The fourth-order valence-corrected chi connectivity index (χ4v) is 3.90. The van der Waals surface area contributed by atoms with E-state index in [-0.39, 0.29) is 11.8 Å². The van der Waals surface area contributed by atoms with Crippen molar-refractivity contribution in [2.45, 2.75) is 26.0 Å². The number of methoxy groups -OCH3 is 1. The van der Waals surface area contributed by atoms with E-state index in [0.717, 1.165) is 55.1 Å². The van der Waals surface area contributed by atoms with E-state index >= 15 is 0 Å². The van der Waals surface area contributed by atoms with Crippen molar-refractivity contribution in [3.8, 4) is 11.3 Å². The first-order valence-electron chi connectivity index (χ1n) is 9.26. The van der Waals surface area contributed by atoms with E-state index in [1.54, 1.807) is 7.11 Å². The van der Waals surface area contributed by atoms with Crippen LogP contribution in [0.4, 0.5) is 0 Å². The van der Waals surface area contributed by atoms with E-state index in [9.17, 15) is 4.79 Å². The number of imidazole rings is 1. The topological polar surface area (TPSA) is 56.6 Å². The molecule has 26 heavy (non-hydrogen) atoms. The van der Waals surface area contributed by atoms with Crippen LogP contribution in [0.3, 0.4) is 0 Å². The van der Waals surface area contributed by atoms with E-state index in [1.807, 2.05) is 23.2 Å². The first-order chi connectivity index (χ1) is 12.8. The molecular weight excluding hydrogens is 330 g/mol. The molecule has 0 aliphatic carbocycles. The number of rotatable bonds is 4. The van der Waals surface area contributed by atoms with E-state index < -0.39 is 0 Å². The maximum absolute atomic E-state index is 12.7. The molecular formula is C20H25N3O3. The van der Waals surface area contributed by atoms with E-state index in [4.69, 9.17) is 9.47 Å². The average molecular weight is 355 g/mol. The maximum atomic E-state index is 12.7. The molecule has 0 radical (unpaired) electrons. The predicted octanol–water partition coefficient (Wildman–Crippen LogP) is 2.12. The summed E-state index contributed by atoms with van der Waals surface area (Å²) in [6.45, 7) is 4.06. The van der Waals surface area contributed by atoms with Crippen molar-refractivity contribution in [1.29, 1.82) is 0 Å². The van der Waals surface area contributed by atoms with Crippen LogP contribution in [0, 0.1) is 5.92 Å². The molecule has 0 saturated carbocycles. The molecule has 6 heteroatoms. The van der Waals surface area contributed by atoms with Crippen LogP contribution in [0.1, 0.15) is 17.8 Å². The minimum Gasteiger partial charge on any atom is -0.381 e.